The molecule has 0 saturated carbocycles. The Labute approximate surface area is 100 Å². The lowest BCUT2D eigenvalue weighted by atomic mass is 10.2. The fraction of sp³-hybridized carbons (Fsp3) is 0.417. The van der Waals surface area contributed by atoms with Crippen molar-refractivity contribution in [2.45, 2.75) is 13.3 Å². The highest BCUT2D eigenvalue weighted by molar-refractivity contribution is 6.32. The highest BCUT2D eigenvalue weighted by Gasteiger charge is 2.02. The molecule has 0 spiro atoms. The van der Waals surface area contributed by atoms with E-state index in [4.69, 9.17) is 21.1 Å². The summed E-state index contributed by atoms with van der Waals surface area (Å²) in [6, 6.07) is 4.97. The zero-order chi connectivity index (χ0) is 11.8. The van der Waals surface area contributed by atoms with E-state index >= 15 is 0 Å². The standard InChI is InChI=1S/C12H15ClO3/c1-2-15-6-3-7-16-12-5-4-10(9-14)8-11(12)13/h4-5,8-9H,2-3,6-7H2,1H3. The zero-order valence-corrected chi connectivity index (χ0v) is 10.00. The lowest BCUT2D eigenvalue weighted by Gasteiger charge is -2.08. The molecule has 4 heteroatoms. The quantitative estimate of drug-likeness (QED) is 0.545. The van der Waals surface area contributed by atoms with Crippen molar-refractivity contribution in [2.75, 3.05) is 19.8 Å². The molecule has 0 saturated heterocycles. The van der Waals surface area contributed by atoms with Gasteiger partial charge < -0.3 is 9.47 Å². The highest BCUT2D eigenvalue weighted by atomic mass is 35.5. The van der Waals surface area contributed by atoms with Crippen LogP contribution in [0.3, 0.4) is 0 Å². The average molecular weight is 243 g/mol. The van der Waals surface area contributed by atoms with Gasteiger partial charge in [0.05, 0.1) is 11.6 Å². The average Bonchev–Trinajstić information content (AvgIpc) is 2.30. The van der Waals surface area contributed by atoms with Crippen LogP contribution in [-0.2, 0) is 4.74 Å². The zero-order valence-electron chi connectivity index (χ0n) is 9.24. The number of rotatable bonds is 7. The maximum atomic E-state index is 10.5. The van der Waals surface area contributed by atoms with E-state index in [1.54, 1.807) is 18.2 Å². The number of carbonyl (C=O) groups excluding carboxylic acids is 1. The van der Waals surface area contributed by atoms with Crippen LogP contribution in [0.2, 0.25) is 5.02 Å². The third kappa shape index (κ3) is 4.21. The van der Waals surface area contributed by atoms with Crippen molar-refractivity contribution in [1.29, 1.82) is 0 Å². The van der Waals surface area contributed by atoms with Crippen LogP contribution in [0, 0.1) is 0 Å². The van der Waals surface area contributed by atoms with Crippen molar-refractivity contribution in [3.8, 4) is 5.75 Å². The van der Waals surface area contributed by atoms with Crippen molar-refractivity contribution in [2.24, 2.45) is 0 Å². The van der Waals surface area contributed by atoms with Crippen LogP contribution in [0.4, 0.5) is 0 Å². The second kappa shape index (κ2) is 7.25. The highest BCUT2D eigenvalue weighted by Crippen LogP contribution is 2.24. The van der Waals surface area contributed by atoms with Crippen LogP contribution in [0.15, 0.2) is 18.2 Å². The van der Waals surface area contributed by atoms with Gasteiger partial charge in [-0.1, -0.05) is 11.6 Å². The van der Waals surface area contributed by atoms with Gasteiger partial charge in [0.2, 0.25) is 0 Å². The fourth-order valence-electron chi connectivity index (χ4n) is 1.19. The van der Waals surface area contributed by atoms with E-state index < -0.39 is 0 Å². The molecule has 0 unspecified atom stereocenters. The molecule has 16 heavy (non-hydrogen) atoms. The molecule has 0 aromatic heterocycles. The van der Waals surface area contributed by atoms with E-state index in [1.165, 1.54) is 0 Å². The van der Waals surface area contributed by atoms with Crippen molar-refractivity contribution >= 4 is 17.9 Å². The molecule has 0 fully saturated rings. The monoisotopic (exact) mass is 242 g/mol. The molecule has 0 radical (unpaired) electrons. The third-order valence-electron chi connectivity index (χ3n) is 1.99. The maximum absolute atomic E-state index is 10.5. The lowest BCUT2D eigenvalue weighted by Crippen LogP contribution is -2.03. The van der Waals surface area contributed by atoms with Gasteiger partial charge >= 0.3 is 0 Å². The van der Waals surface area contributed by atoms with Crippen LogP contribution >= 0.6 is 11.6 Å². The van der Waals surface area contributed by atoms with Crippen LogP contribution in [0.1, 0.15) is 23.7 Å². The summed E-state index contributed by atoms with van der Waals surface area (Å²) in [5.41, 5.74) is 0.548. The van der Waals surface area contributed by atoms with Crippen molar-refractivity contribution < 1.29 is 14.3 Å². The first kappa shape index (κ1) is 13.0. The molecular formula is C12H15ClO3. The van der Waals surface area contributed by atoms with Crippen molar-refractivity contribution in [1.82, 2.24) is 0 Å². The number of hydrogen-bond acceptors (Lipinski definition) is 3. The first-order chi connectivity index (χ1) is 7.77. The van der Waals surface area contributed by atoms with Gasteiger partial charge in [-0.05, 0) is 25.1 Å². The molecule has 1 aromatic carbocycles. The molecule has 1 aromatic rings. The Morgan fingerprint density at radius 3 is 2.81 bits per heavy atom. The van der Waals surface area contributed by atoms with Crippen LogP contribution in [0.25, 0.3) is 0 Å². The number of halogens is 1. The van der Waals surface area contributed by atoms with E-state index in [2.05, 4.69) is 0 Å². The maximum Gasteiger partial charge on any atom is 0.150 e. The van der Waals surface area contributed by atoms with Crippen molar-refractivity contribution in [3.05, 3.63) is 28.8 Å². The van der Waals surface area contributed by atoms with Gasteiger partial charge in [-0.25, -0.2) is 0 Å². The number of carbonyl (C=O) groups is 1. The summed E-state index contributed by atoms with van der Waals surface area (Å²) in [4.78, 5) is 10.5. The summed E-state index contributed by atoms with van der Waals surface area (Å²) < 4.78 is 10.6. The van der Waals surface area contributed by atoms with E-state index in [0.717, 1.165) is 19.3 Å². The van der Waals surface area contributed by atoms with E-state index in [9.17, 15) is 4.79 Å². The topological polar surface area (TPSA) is 35.5 Å². The van der Waals surface area contributed by atoms with E-state index in [-0.39, 0.29) is 0 Å². The van der Waals surface area contributed by atoms with E-state index in [1.807, 2.05) is 6.92 Å². The van der Waals surface area contributed by atoms with Crippen LogP contribution in [-0.4, -0.2) is 26.1 Å². The van der Waals surface area contributed by atoms with E-state index in [0.29, 0.717) is 29.5 Å². The first-order valence-corrected chi connectivity index (χ1v) is 5.61. The Balaban J connectivity index is 2.39. The minimum absolute atomic E-state index is 0.459. The smallest absolute Gasteiger partial charge is 0.150 e. The molecule has 0 atom stereocenters. The Morgan fingerprint density at radius 2 is 2.19 bits per heavy atom. The van der Waals surface area contributed by atoms with Gasteiger partial charge in [0, 0.05) is 25.2 Å². The second-order valence-electron chi connectivity index (χ2n) is 3.21. The number of aldehydes is 1. The molecule has 0 aliphatic heterocycles. The molecule has 0 heterocycles. The van der Waals surface area contributed by atoms with Gasteiger partial charge in [0.15, 0.2) is 0 Å². The summed E-state index contributed by atoms with van der Waals surface area (Å²) in [6.07, 6.45) is 1.57. The minimum Gasteiger partial charge on any atom is -0.492 e. The molecule has 0 amide bonds. The Kier molecular flexibility index (Phi) is 5.90. The Bertz CT molecular complexity index is 339. The SMILES string of the molecule is CCOCCCOc1ccc(C=O)cc1Cl. The largest absolute Gasteiger partial charge is 0.492 e. The van der Waals surface area contributed by atoms with Gasteiger partial charge in [-0.15, -0.1) is 0 Å². The summed E-state index contributed by atoms with van der Waals surface area (Å²) in [5.74, 6) is 0.601. The summed E-state index contributed by atoms with van der Waals surface area (Å²) >= 11 is 5.93. The molecule has 0 aliphatic rings. The minimum atomic E-state index is 0.459. The van der Waals surface area contributed by atoms with Crippen molar-refractivity contribution in [3.63, 3.8) is 0 Å². The van der Waals surface area contributed by atoms with Crippen LogP contribution in [0.5, 0.6) is 5.75 Å². The number of benzene rings is 1. The molecule has 0 bridgehead atoms. The second-order valence-corrected chi connectivity index (χ2v) is 3.61. The van der Waals surface area contributed by atoms with Gasteiger partial charge in [0.25, 0.3) is 0 Å². The number of ether oxygens (including phenoxy) is 2. The molecule has 3 nitrogen and oxygen atoms in total. The summed E-state index contributed by atoms with van der Waals surface area (Å²) in [6.45, 7) is 3.91. The summed E-state index contributed by atoms with van der Waals surface area (Å²) in [7, 11) is 0. The molecule has 1 rings (SSSR count). The third-order valence-corrected chi connectivity index (χ3v) is 2.28. The fourth-order valence-corrected chi connectivity index (χ4v) is 1.44. The Morgan fingerprint density at radius 1 is 1.38 bits per heavy atom. The molecule has 0 aliphatic carbocycles. The van der Waals surface area contributed by atoms with Gasteiger partial charge in [-0.2, -0.15) is 0 Å². The number of hydrogen-bond donors (Lipinski definition) is 0. The Hall–Kier alpha value is -1.06. The molecule has 88 valence electrons. The first-order valence-electron chi connectivity index (χ1n) is 5.23. The van der Waals surface area contributed by atoms with Gasteiger partial charge in [-0.3, -0.25) is 4.79 Å². The predicted octanol–water partition coefficient (Wildman–Crippen LogP) is 2.96. The lowest BCUT2D eigenvalue weighted by molar-refractivity contribution is 0.112. The molecule has 0 N–H and O–H groups in total. The predicted molar refractivity (Wildman–Crippen MR) is 63.4 cm³/mol. The van der Waals surface area contributed by atoms with Crippen LogP contribution < -0.4 is 4.74 Å². The summed E-state index contributed by atoms with van der Waals surface area (Å²) in [5, 5.41) is 0.459. The molecular weight excluding hydrogens is 228 g/mol. The normalized spacial score (nSPS) is 10.1. The van der Waals surface area contributed by atoms with Gasteiger partial charge in [0.1, 0.15) is 12.0 Å².